The molecule has 0 spiro atoms. The highest BCUT2D eigenvalue weighted by molar-refractivity contribution is 7.91. The number of aryl methyl sites for hydroxylation is 2. The minimum atomic E-state index is -3.17. The second-order valence-corrected chi connectivity index (χ2v) is 11.2. The van der Waals surface area contributed by atoms with Crippen LogP contribution in [0.2, 0.25) is 0 Å². The lowest BCUT2D eigenvalue weighted by atomic mass is 10.0. The van der Waals surface area contributed by atoms with E-state index in [-0.39, 0.29) is 17.5 Å². The lowest BCUT2D eigenvalue weighted by Crippen LogP contribution is -2.15. The first kappa shape index (κ1) is 23.9. The van der Waals surface area contributed by atoms with Gasteiger partial charge in [0.25, 0.3) is 5.91 Å². The number of carbonyl (C=O) groups excluding carboxylic acids is 1. The van der Waals surface area contributed by atoms with E-state index < -0.39 is 21.6 Å². The van der Waals surface area contributed by atoms with E-state index in [1.165, 1.54) is 6.07 Å². The molecule has 1 N–H and O–H groups in total. The summed E-state index contributed by atoms with van der Waals surface area (Å²) in [5.41, 5.74) is 3.31. The van der Waals surface area contributed by atoms with Crippen molar-refractivity contribution in [3.05, 3.63) is 71.2 Å². The zero-order chi connectivity index (χ0) is 25.6. The number of anilines is 1. The maximum atomic E-state index is 14.1. The van der Waals surface area contributed by atoms with Crippen LogP contribution in [0.3, 0.4) is 0 Å². The Bertz CT molecular complexity index is 1610. The van der Waals surface area contributed by atoms with Gasteiger partial charge < -0.3 is 10.1 Å². The molecular formula is C26H25FN4O4S. The summed E-state index contributed by atoms with van der Waals surface area (Å²) in [5, 5.41) is 7.91. The zero-order valence-corrected chi connectivity index (χ0v) is 20.9. The van der Waals surface area contributed by atoms with Gasteiger partial charge in [-0.15, -0.1) is 0 Å². The molecule has 2 aromatic carbocycles. The summed E-state index contributed by atoms with van der Waals surface area (Å²) < 4.78 is 45.4. The highest BCUT2D eigenvalue weighted by atomic mass is 32.2. The molecule has 1 unspecified atom stereocenters. The third-order valence-corrected chi connectivity index (χ3v) is 8.18. The van der Waals surface area contributed by atoms with Gasteiger partial charge >= 0.3 is 0 Å². The van der Waals surface area contributed by atoms with Crippen LogP contribution >= 0.6 is 0 Å². The smallest absolute Gasteiger partial charge is 0.256 e. The maximum absolute atomic E-state index is 14.1. The van der Waals surface area contributed by atoms with E-state index in [1.54, 1.807) is 56.0 Å². The molecule has 3 heterocycles. The summed E-state index contributed by atoms with van der Waals surface area (Å²) in [6.45, 7) is 3.41. The van der Waals surface area contributed by atoms with Crippen LogP contribution in [0.25, 0.3) is 22.3 Å². The molecule has 0 aliphatic carbocycles. The Morgan fingerprint density at radius 3 is 2.67 bits per heavy atom. The van der Waals surface area contributed by atoms with Crippen molar-refractivity contribution >= 4 is 32.5 Å². The highest BCUT2D eigenvalue weighted by Crippen LogP contribution is 2.33. The Hall–Kier alpha value is -3.79. The van der Waals surface area contributed by atoms with Crippen molar-refractivity contribution in [3.63, 3.8) is 0 Å². The summed E-state index contributed by atoms with van der Waals surface area (Å²) >= 11 is 0. The number of carbonyl (C=O) groups is 1. The molecule has 1 amide bonds. The zero-order valence-electron chi connectivity index (χ0n) is 20.1. The normalized spacial score (nSPS) is 16.8. The van der Waals surface area contributed by atoms with Crippen molar-refractivity contribution in [2.24, 2.45) is 0 Å². The Balaban J connectivity index is 1.68. The fourth-order valence-corrected chi connectivity index (χ4v) is 6.21. The number of hydrogen-bond acceptors (Lipinski definition) is 6. The van der Waals surface area contributed by atoms with Crippen LogP contribution in [-0.4, -0.2) is 47.7 Å². The molecule has 5 rings (SSSR count). The third-order valence-electron chi connectivity index (χ3n) is 6.43. The average molecular weight is 509 g/mol. The summed E-state index contributed by atoms with van der Waals surface area (Å²) in [4.78, 5) is 18.3. The molecule has 0 saturated carbocycles. The van der Waals surface area contributed by atoms with Crippen LogP contribution in [0.5, 0.6) is 5.75 Å². The number of rotatable bonds is 5. The van der Waals surface area contributed by atoms with Gasteiger partial charge in [-0.2, -0.15) is 5.10 Å². The van der Waals surface area contributed by atoms with Crippen LogP contribution < -0.4 is 10.1 Å². The Morgan fingerprint density at radius 2 is 1.97 bits per heavy atom. The first-order valence-electron chi connectivity index (χ1n) is 11.5. The molecule has 0 radical (unpaired) electrons. The quantitative estimate of drug-likeness (QED) is 0.427. The number of sulfone groups is 1. The number of nitrogens with one attached hydrogen (secondary N) is 1. The largest absolute Gasteiger partial charge is 0.497 e. The molecule has 4 aromatic rings. The molecular weight excluding hydrogens is 483 g/mol. The van der Waals surface area contributed by atoms with Gasteiger partial charge in [-0.1, -0.05) is 18.2 Å². The second-order valence-electron chi connectivity index (χ2n) is 8.99. The topological polar surface area (TPSA) is 103 Å². The van der Waals surface area contributed by atoms with Crippen molar-refractivity contribution in [1.29, 1.82) is 0 Å². The van der Waals surface area contributed by atoms with Crippen molar-refractivity contribution in [2.75, 3.05) is 23.9 Å². The van der Waals surface area contributed by atoms with Crippen LogP contribution in [0.4, 0.5) is 10.1 Å². The Labute approximate surface area is 208 Å². The lowest BCUT2D eigenvalue weighted by Gasteiger charge is -2.13. The number of methoxy groups -OCH3 is 1. The fourth-order valence-electron chi connectivity index (χ4n) is 4.51. The number of fused-ring (bicyclic) bond motifs is 1. The van der Waals surface area contributed by atoms with Crippen molar-refractivity contribution < 1.29 is 22.3 Å². The van der Waals surface area contributed by atoms with Gasteiger partial charge in [0.2, 0.25) is 0 Å². The van der Waals surface area contributed by atoms with Crippen molar-refractivity contribution in [3.8, 4) is 17.0 Å². The lowest BCUT2D eigenvalue weighted by molar-refractivity contribution is 0.102. The van der Waals surface area contributed by atoms with Gasteiger partial charge in [-0.05, 0) is 56.2 Å². The molecule has 10 heteroatoms. The molecule has 8 nitrogen and oxygen atoms in total. The van der Waals surface area contributed by atoms with Crippen molar-refractivity contribution in [2.45, 2.75) is 26.3 Å². The van der Waals surface area contributed by atoms with Gasteiger partial charge in [-0.25, -0.2) is 22.5 Å². The molecule has 1 fully saturated rings. The fraction of sp³-hybridized carbons (Fsp3) is 0.269. The van der Waals surface area contributed by atoms with E-state index in [1.807, 2.05) is 12.1 Å². The molecule has 2 aromatic heterocycles. The van der Waals surface area contributed by atoms with Crippen LogP contribution in [-0.2, 0) is 9.84 Å². The molecule has 36 heavy (non-hydrogen) atoms. The SMILES string of the molecule is COc1cccc(-c2cc(C(=O)Nc3ccc(C)c(F)c3)c3c(C)nn(C4CCS(=O)(=O)C4)c3n2)c1. The number of nitrogens with zero attached hydrogens (tertiary/aromatic N) is 3. The average Bonchev–Trinajstić information content (AvgIpc) is 3.39. The van der Waals surface area contributed by atoms with E-state index in [0.29, 0.717) is 51.4 Å². The number of pyridine rings is 1. The van der Waals surface area contributed by atoms with Crippen molar-refractivity contribution in [1.82, 2.24) is 14.8 Å². The van der Waals surface area contributed by atoms with E-state index in [0.717, 1.165) is 5.56 Å². The summed E-state index contributed by atoms with van der Waals surface area (Å²) in [6, 6.07) is 13.1. The predicted molar refractivity (Wildman–Crippen MR) is 136 cm³/mol. The minimum absolute atomic E-state index is 0.0293. The number of amides is 1. The minimum Gasteiger partial charge on any atom is -0.497 e. The summed E-state index contributed by atoms with van der Waals surface area (Å²) in [6.07, 6.45) is 0.424. The molecule has 1 atom stereocenters. The molecule has 1 aliphatic heterocycles. The van der Waals surface area contributed by atoms with E-state index in [4.69, 9.17) is 9.72 Å². The number of ether oxygens (including phenoxy) is 1. The molecule has 1 saturated heterocycles. The first-order valence-corrected chi connectivity index (χ1v) is 13.3. The van der Waals surface area contributed by atoms with Gasteiger partial charge in [0, 0.05) is 11.3 Å². The summed E-state index contributed by atoms with van der Waals surface area (Å²) in [7, 11) is -1.61. The molecule has 1 aliphatic rings. The number of benzene rings is 2. The van der Waals surface area contributed by atoms with Gasteiger partial charge in [0.15, 0.2) is 15.5 Å². The van der Waals surface area contributed by atoms with Crippen LogP contribution in [0.15, 0.2) is 48.5 Å². The number of aromatic nitrogens is 3. The second kappa shape index (κ2) is 9.02. The van der Waals surface area contributed by atoms with E-state index >= 15 is 0 Å². The van der Waals surface area contributed by atoms with Gasteiger partial charge in [0.1, 0.15) is 11.6 Å². The number of halogens is 1. The Kier molecular flexibility index (Phi) is 5.99. The monoisotopic (exact) mass is 508 g/mol. The highest BCUT2D eigenvalue weighted by Gasteiger charge is 2.32. The third kappa shape index (κ3) is 4.44. The van der Waals surface area contributed by atoms with E-state index in [9.17, 15) is 17.6 Å². The summed E-state index contributed by atoms with van der Waals surface area (Å²) in [5.74, 6) is -0.187. The van der Waals surface area contributed by atoms with Crippen LogP contribution in [0, 0.1) is 19.7 Å². The first-order chi connectivity index (χ1) is 17.1. The Morgan fingerprint density at radius 1 is 1.17 bits per heavy atom. The van der Waals surface area contributed by atoms with Gasteiger partial charge in [-0.3, -0.25) is 4.79 Å². The van der Waals surface area contributed by atoms with Gasteiger partial charge in [0.05, 0.1) is 47.0 Å². The van der Waals surface area contributed by atoms with Crippen LogP contribution in [0.1, 0.15) is 34.1 Å². The standard InChI is InChI=1S/C26H25FN4O4S/c1-15-7-8-18(12-22(15)27)28-26(32)21-13-23(17-5-4-6-20(11-17)35-3)29-25-24(21)16(2)30-31(25)19-9-10-36(33,34)14-19/h4-8,11-13,19H,9-10,14H2,1-3H3,(H,28,32). The molecule has 186 valence electrons. The van der Waals surface area contributed by atoms with E-state index in [2.05, 4.69) is 10.4 Å². The molecule has 0 bridgehead atoms. The maximum Gasteiger partial charge on any atom is 0.256 e. The predicted octanol–water partition coefficient (Wildman–Crippen LogP) is 4.47. The number of hydrogen-bond donors (Lipinski definition) is 1.